The largest absolute Gasteiger partial charge is 0.390 e. The van der Waals surface area contributed by atoms with Gasteiger partial charge in [0.15, 0.2) is 0 Å². The van der Waals surface area contributed by atoms with Crippen LogP contribution in [0.2, 0.25) is 0 Å². The van der Waals surface area contributed by atoms with Crippen molar-refractivity contribution in [1.29, 1.82) is 0 Å². The summed E-state index contributed by atoms with van der Waals surface area (Å²) in [6.07, 6.45) is 8.42. The molecule has 0 aromatic carbocycles. The average Bonchev–Trinajstić information content (AvgIpc) is 2.77. The monoisotopic (exact) mass is 181 g/mol. The first-order valence-electron chi connectivity index (χ1n) is 5.72. The Labute approximate surface area is 79.7 Å². The van der Waals surface area contributed by atoms with Gasteiger partial charge in [-0.05, 0) is 38.0 Å². The third kappa shape index (κ3) is 1.62. The van der Waals surface area contributed by atoms with Crippen LogP contribution in [-0.4, -0.2) is 22.8 Å². The van der Waals surface area contributed by atoms with E-state index in [-0.39, 0.29) is 5.60 Å². The molecule has 2 aliphatic heterocycles. The van der Waals surface area contributed by atoms with Gasteiger partial charge in [0.1, 0.15) is 0 Å². The molecule has 2 atom stereocenters. The second-order valence-corrected chi connectivity index (χ2v) is 5.42. The Kier molecular flexibility index (Phi) is 1.72. The Morgan fingerprint density at radius 1 is 1.08 bits per heavy atom. The molecule has 1 saturated carbocycles. The summed E-state index contributed by atoms with van der Waals surface area (Å²) in [4.78, 5) is 0. The molecule has 3 aliphatic rings. The van der Waals surface area contributed by atoms with E-state index in [1.165, 1.54) is 25.7 Å². The van der Waals surface area contributed by atoms with Crippen LogP contribution in [0.3, 0.4) is 0 Å². The smallest absolute Gasteiger partial charge is 0.0680 e. The van der Waals surface area contributed by atoms with Crippen molar-refractivity contribution in [1.82, 2.24) is 5.32 Å². The minimum atomic E-state index is -0.293. The molecule has 2 nitrogen and oxygen atoms in total. The molecular weight excluding hydrogens is 162 g/mol. The average molecular weight is 181 g/mol. The highest BCUT2D eigenvalue weighted by Gasteiger charge is 2.44. The Hall–Kier alpha value is -0.0800. The lowest BCUT2D eigenvalue weighted by molar-refractivity contribution is -0.0184. The zero-order valence-corrected chi connectivity index (χ0v) is 8.13. The molecule has 2 bridgehead atoms. The minimum Gasteiger partial charge on any atom is -0.390 e. The van der Waals surface area contributed by atoms with Crippen molar-refractivity contribution >= 4 is 0 Å². The highest BCUT2D eigenvalue weighted by molar-refractivity contribution is 5.01. The molecule has 2 heterocycles. The third-order valence-corrected chi connectivity index (χ3v) is 3.95. The molecule has 2 unspecified atom stereocenters. The van der Waals surface area contributed by atoms with Crippen LogP contribution in [0.1, 0.15) is 44.9 Å². The molecule has 2 N–H and O–H groups in total. The van der Waals surface area contributed by atoms with Crippen LogP contribution in [0.5, 0.6) is 0 Å². The maximum atomic E-state index is 10.4. The van der Waals surface area contributed by atoms with Crippen LogP contribution in [0.15, 0.2) is 0 Å². The molecule has 0 aromatic heterocycles. The van der Waals surface area contributed by atoms with Crippen LogP contribution in [0.25, 0.3) is 0 Å². The number of rotatable bonds is 2. The van der Waals surface area contributed by atoms with Gasteiger partial charge in [-0.3, -0.25) is 0 Å². The van der Waals surface area contributed by atoms with Gasteiger partial charge in [-0.15, -0.1) is 0 Å². The standard InChI is InChI=1S/C11H19NO/c13-11(5-8-1-2-8)6-9-3-4-10(7-11)12-9/h8-10,12-13H,1-7H2. The maximum Gasteiger partial charge on any atom is 0.0680 e. The Morgan fingerprint density at radius 3 is 2.23 bits per heavy atom. The highest BCUT2D eigenvalue weighted by Crippen LogP contribution is 2.43. The molecular formula is C11H19NO. The van der Waals surface area contributed by atoms with Crippen molar-refractivity contribution < 1.29 is 5.11 Å². The van der Waals surface area contributed by atoms with Gasteiger partial charge in [0, 0.05) is 12.1 Å². The van der Waals surface area contributed by atoms with Crippen molar-refractivity contribution in [3.8, 4) is 0 Å². The van der Waals surface area contributed by atoms with E-state index in [9.17, 15) is 5.11 Å². The molecule has 74 valence electrons. The second-order valence-electron chi connectivity index (χ2n) is 5.42. The van der Waals surface area contributed by atoms with Gasteiger partial charge in [0.05, 0.1) is 5.60 Å². The van der Waals surface area contributed by atoms with E-state index in [1.807, 2.05) is 0 Å². The van der Waals surface area contributed by atoms with Crippen molar-refractivity contribution in [2.45, 2.75) is 62.6 Å². The lowest BCUT2D eigenvalue weighted by Crippen LogP contribution is -2.48. The van der Waals surface area contributed by atoms with Crippen molar-refractivity contribution in [2.75, 3.05) is 0 Å². The first-order valence-corrected chi connectivity index (χ1v) is 5.72. The van der Waals surface area contributed by atoms with E-state index < -0.39 is 0 Å². The van der Waals surface area contributed by atoms with Crippen molar-refractivity contribution in [3.05, 3.63) is 0 Å². The zero-order chi connectivity index (χ0) is 8.89. The van der Waals surface area contributed by atoms with Crippen LogP contribution >= 0.6 is 0 Å². The van der Waals surface area contributed by atoms with Crippen molar-refractivity contribution in [2.24, 2.45) is 5.92 Å². The molecule has 1 aliphatic carbocycles. The molecule has 2 saturated heterocycles. The molecule has 0 radical (unpaired) electrons. The zero-order valence-electron chi connectivity index (χ0n) is 8.13. The topological polar surface area (TPSA) is 32.3 Å². The predicted octanol–water partition coefficient (Wildman–Crippen LogP) is 1.43. The lowest BCUT2D eigenvalue weighted by atomic mass is 9.83. The molecule has 0 spiro atoms. The van der Waals surface area contributed by atoms with Gasteiger partial charge in [-0.2, -0.15) is 0 Å². The van der Waals surface area contributed by atoms with E-state index in [4.69, 9.17) is 0 Å². The molecule has 2 heteroatoms. The van der Waals surface area contributed by atoms with E-state index in [0.29, 0.717) is 12.1 Å². The number of aliphatic hydroxyl groups is 1. The molecule has 3 fully saturated rings. The SMILES string of the molecule is OC1(CC2CC2)CC2CCC(C1)N2. The summed E-state index contributed by atoms with van der Waals surface area (Å²) in [6.45, 7) is 0. The summed E-state index contributed by atoms with van der Waals surface area (Å²) in [5.41, 5.74) is -0.293. The normalized spacial score (nSPS) is 49.6. The summed E-state index contributed by atoms with van der Waals surface area (Å²) in [5, 5.41) is 14.0. The highest BCUT2D eigenvalue weighted by atomic mass is 16.3. The number of fused-ring (bicyclic) bond motifs is 2. The van der Waals surface area contributed by atoms with E-state index in [2.05, 4.69) is 5.32 Å². The Balaban J connectivity index is 1.68. The van der Waals surface area contributed by atoms with Crippen LogP contribution in [0.4, 0.5) is 0 Å². The first-order chi connectivity index (χ1) is 6.23. The quantitative estimate of drug-likeness (QED) is 0.675. The van der Waals surface area contributed by atoms with E-state index in [0.717, 1.165) is 25.2 Å². The second kappa shape index (κ2) is 2.71. The number of nitrogens with one attached hydrogen (secondary N) is 1. The third-order valence-electron chi connectivity index (χ3n) is 3.95. The van der Waals surface area contributed by atoms with Crippen LogP contribution in [0, 0.1) is 5.92 Å². The molecule has 13 heavy (non-hydrogen) atoms. The van der Waals surface area contributed by atoms with E-state index in [1.54, 1.807) is 0 Å². The maximum absolute atomic E-state index is 10.4. The van der Waals surface area contributed by atoms with Gasteiger partial charge in [-0.1, -0.05) is 12.8 Å². The molecule has 0 amide bonds. The van der Waals surface area contributed by atoms with Gasteiger partial charge < -0.3 is 10.4 Å². The Morgan fingerprint density at radius 2 is 1.69 bits per heavy atom. The summed E-state index contributed by atoms with van der Waals surface area (Å²) < 4.78 is 0. The predicted molar refractivity (Wildman–Crippen MR) is 51.5 cm³/mol. The summed E-state index contributed by atoms with van der Waals surface area (Å²) >= 11 is 0. The fourth-order valence-corrected chi connectivity index (χ4v) is 3.25. The van der Waals surface area contributed by atoms with Crippen LogP contribution < -0.4 is 5.32 Å². The number of hydrogen-bond donors (Lipinski definition) is 2. The van der Waals surface area contributed by atoms with Crippen molar-refractivity contribution in [3.63, 3.8) is 0 Å². The van der Waals surface area contributed by atoms with Gasteiger partial charge in [0.2, 0.25) is 0 Å². The lowest BCUT2D eigenvalue weighted by Gasteiger charge is -2.37. The van der Waals surface area contributed by atoms with Gasteiger partial charge in [0.25, 0.3) is 0 Å². The van der Waals surface area contributed by atoms with E-state index >= 15 is 0 Å². The first kappa shape index (κ1) is 8.25. The number of piperidine rings is 1. The Bertz CT molecular complexity index is 200. The fraction of sp³-hybridized carbons (Fsp3) is 1.00. The van der Waals surface area contributed by atoms with Gasteiger partial charge in [-0.25, -0.2) is 0 Å². The molecule has 3 rings (SSSR count). The minimum absolute atomic E-state index is 0.293. The number of hydrogen-bond acceptors (Lipinski definition) is 2. The summed E-state index contributed by atoms with van der Waals surface area (Å²) in [7, 11) is 0. The fourth-order valence-electron chi connectivity index (χ4n) is 3.25. The molecule has 0 aromatic rings. The summed E-state index contributed by atoms with van der Waals surface area (Å²) in [6, 6.07) is 1.25. The van der Waals surface area contributed by atoms with Gasteiger partial charge >= 0.3 is 0 Å². The summed E-state index contributed by atoms with van der Waals surface area (Å²) in [5.74, 6) is 0.863. The van der Waals surface area contributed by atoms with Crippen LogP contribution in [-0.2, 0) is 0 Å².